The number of halogens is 1. The van der Waals surface area contributed by atoms with Gasteiger partial charge in [0.2, 0.25) is 17.8 Å². The van der Waals surface area contributed by atoms with Crippen LogP contribution < -0.4 is 10.2 Å². The van der Waals surface area contributed by atoms with Gasteiger partial charge in [0.15, 0.2) is 0 Å². The summed E-state index contributed by atoms with van der Waals surface area (Å²) in [5.74, 6) is 2.77. The molecule has 2 heterocycles. The summed E-state index contributed by atoms with van der Waals surface area (Å²) in [5, 5.41) is 10.3. The molecule has 2 N–H and O–H groups in total. The molecule has 0 aromatic carbocycles. The third kappa shape index (κ3) is 2.78. The number of aromatic nitrogens is 3. The second-order valence-corrected chi connectivity index (χ2v) is 10.6. The van der Waals surface area contributed by atoms with Gasteiger partial charge in [-0.2, -0.15) is 4.98 Å². The molecule has 25 heavy (non-hydrogen) atoms. The molecule has 0 spiro atoms. The number of H-pyrrole nitrogens is 1. The van der Waals surface area contributed by atoms with Gasteiger partial charge in [0, 0.05) is 17.4 Å². The average Bonchev–Trinajstić information content (AvgIpc) is 3.02. The number of hydrogen-bond acceptors (Lipinski definition) is 4. The number of piperidine rings is 1. The molecule has 1 aromatic rings. The first-order valence-corrected chi connectivity index (χ1v) is 10.5. The minimum Gasteiger partial charge on any atom is -0.340 e. The van der Waals surface area contributed by atoms with Crippen molar-refractivity contribution in [1.82, 2.24) is 15.2 Å². The molecule has 1 aromatic heterocycles. The molecule has 2 atom stereocenters. The standard InChI is InChI=1S/C18H26BrN5O/c19-18-9-12-6-13(10-18)8-17(7-12,11-18)14(25)20-15-21-16(23-22-15)24-4-2-1-3-5-24/h12-13H,1-11H2,(H2,20,21,22,23,25). The molecular weight excluding hydrogens is 382 g/mol. The highest BCUT2D eigenvalue weighted by Crippen LogP contribution is 2.64. The summed E-state index contributed by atoms with van der Waals surface area (Å²) < 4.78 is 0.189. The summed E-state index contributed by atoms with van der Waals surface area (Å²) in [7, 11) is 0. The number of nitrogens with one attached hydrogen (secondary N) is 2. The second kappa shape index (κ2) is 5.69. The zero-order chi connectivity index (χ0) is 17.1. The quantitative estimate of drug-likeness (QED) is 0.752. The van der Waals surface area contributed by atoms with E-state index >= 15 is 0 Å². The number of hydrogen-bond donors (Lipinski definition) is 2. The number of carbonyl (C=O) groups excluding carboxylic acids is 1. The van der Waals surface area contributed by atoms with E-state index in [2.05, 4.69) is 41.3 Å². The Labute approximate surface area is 156 Å². The maximum Gasteiger partial charge on any atom is 0.246 e. The fourth-order valence-corrected chi connectivity index (χ4v) is 7.65. The van der Waals surface area contributed by atoms with E-state index in [9.17, 15) is 4.79 Å². The van der Waals surface area contributed by atoms with E-state index in [1.54, 1.807) is 0 Å². The van der Waals surface area contributed by atoms with Gasteiger partial charge in [-0.3, -0.25) is 10.1 Å². The van der Waals surface area contributed by atoms with Crippen LogP contribution in [0, 0.1) is 17.3 Å². The minimum absolute atomic E-state index is 0.145. The van der Waals surface area contributed by atoms with Crippen molar-refractivity contribution >= 4 is 33.7 Å². The molecule has 1 saturated heterocycles. The highest BCUT2D eigenvalue weighted by molar-refractivity contribution is 9.10. The molecule has 136 valence electrons. The number of aromatic amines is 1. The first-order valence-electron chi connectivity index (χ1n) is 9.71. The van der Waals surface area contributed by atoms with Crippen LogP contribution in [-0.4, -0.2) is 38.5 Å². The molecule has 5 aliphatic rings. The van der Waals surface area contributed by atoms with Crippen molar-refractivity contribution in [2.24, 2.45) is 17.3 Å². The molecule has 4 aliphatic carbocycles. The Hall–Kier alpha value is -1.11. The first kappa shape index (κ1) is 16.1. The molecule has 0 radical (unpaired) electrons. The van der Waals surface area contributed by atoms with Gasteiger partial charge in [0.05, 0.1) is 5.41 Å². The number of anilines is 2. The zero-order valence-electron chi connectivity index (χ0n) is 14.6. The Kier molecular flexibility index (Phi) is 3.67. The monoisotopic (exact) mass is 407 g/mol. The Bertz CT molecular complexity index is 669. The van der Waals surface area contributed by atoms with E-state index < -0.39 is 0 Å². The number of alkyl halides is 1. The maximum atomic E-state index is 13.2. The normalized spacial score (nSPS) is 39.6. The van der Waals surface area contributed by atoms with Crippen LogP contribution in [0.25, 0.3) is 0 Å². The Morgan fingerprint density at radius 1 is 1.16 bits per heavy atom. The van der Waals surface area contributed by atoms with Crippen molar-refractivity contribution in [2.45, 2.75) is 62.1 Å². The van der Waals surface area contributed by atoms with Crippen LogP contribution in [-0.2, 0) is 4.79 Å². The zero-order valence-corrected chi connectivity index (χ0v) is 16.1. The van der Waals surface area contributed by atoms with Crippen molar-refractivity contribution in [3.8, 4) is 0 Å². The Balaban J connectivity index is 1.31. The van der Waals surface area contributed by atoms with E-state index in [1.807, 2.05) is 0 Å². The Morgan fingerprint density at radius 2 is 1.88 bits per heavy atom. The predicted molar refractivity (Wildman–Crippen MR) is 99.8 cm³/mol. The van der Waals surface area contributed by atoms with Crippen molar-refractivity contribution < 1.29 is 4.79 Å². The van der Waals surface area contributed by atoms with Crippen LogP contribution in [0.4, 0.5) is 11.9 Å². The molecule has 6 rings (SSSR count). The third-order valence-electron chi connectivity index (χ3n) is 6.82. The molecule has 7 heteroatoms. The average molecular weight is 408 g/mol. The van der Waals surface area contributed by atoms with E-state index in [0.29, 0.717) is 17.8 Å². The largest absolute Gasteiger partial charge is 0.340 e. The number of amides is 1. The van der Waals surface area contributed by atoms with Gasteiger partial charge in [0.25, 0.3) is 0 Å². The third-order valence-corrected chi connectivity index (χ3v) is 7.74. The number of nitrogens with zero attached hydrogens (tertiary/aromatic N) is 3. The highest BCUT2D eigenvalue weighted by atomic mass is 79.9. The number of rotatable bonds is 3. The van der Waals surface area contributed by atoms with Gasteiger partial charge < -0.3 is 4.90 Å². The summed E-state index contributed by atoms with van der Waals surface area (Å²) in [5.41, 5.74) is -0.217. The smallest absolute Gasteiger partial charge is 0.246 e. The van der Waals surface area contributed by atoms with Crippen LogP contribution >= 0.6 is 15.9 Å². The molecule has 2 unspecified atom stereocenters. The molecule has 4 saturated carbocycles. The fraction of sp³-hybridized carbons (Fsp3) is 0.833. The van der Waals surface area contributed by atoms with E-state index in [-0.39, 0.29) is 15.6 Å². The molecule has 1 aliphatic heterocycles. The molecule has 6 nitrogen and oxygen atoms in total. The molecule has 4 bridgehead atoms. The SMILES string of the molecule is O=C(Nc1nc(N2CCCCC2)n[nH]1)C12CC3CC(CC(Br)(C3)C1)C2. The van der Waals surface area contributed by atoms with Gasteiger partial charge >= 0.3 is 0 Å². The van der Waals surface area contributed by atoms with Crippen LogP contribution in [0.2, 0.25) is 0 Å². The van der Waals surface area contributed by atoms with Crippen LogP contribution in [0.3, 0.4) is 0 Å². The maximum absolute atomic E-state index is 13.2. The summed E-state index contributed by atoms with van der Waals surface area (Å²) in [6.45, 7) is 2.01. The fourth-order valence-electron chi connectivity index (χ4n) is 6.20. The summed E-state index contributed by atoms with van der Waals surface area (Å²) >= 11 is 3.98. The van der Waals surface area contributed by atoms with Crippen molar-refractivity contribution in [2.75, 3.05) is 23.3 Å². The van der Waals surface area contributed by atoms with Gasteiger partial charge in [-0.25, -0.2) is 5.10 Å². The molecular formula is C18H26BrN5O. The minimum atomic E-state index is -0.217. The van der Waals surface area contributed by atoms with Crippen molar-refractivity contribution in [3.05, 3.63) is 0 Å². The lowest BCUT2D eigenvalue weighted by Crippen LogP contribution is -2.57. The first-order chi connectivity index (χ1) is 12.0. The van der Waals surface area contributed by atoms with Crippen LogP contribution in [0.5, 0.6) is 0 Å². The summed E-state index contributed by atoms with van der Waals surface area (Å²) in [6.07, 6.45) is 10.5. The number of carbonyl (C=O) groups is 1. The second-order valence-electron chi connectivity index (χ2n) is 8.88. The predicted octanol–water partition coefficient (Wildman–Crippen LogP) is 3.47. The topological polar surface area (TPSA) is 73.9 Å². The van der Waals surface area contributed by atoms with E-state index in [4.69, 9.17) is 0 Å². The van der Waals surface area contributed by atoms with E-state index in [1.165, 1.54) is 38.5 Å². The summed E-state index contributed by atoms with van der Waals surface area (Å²) in [6, 6.07) is 0. The van der Waals surface area contributed by atoms with Crippen molar-refractivity contribution in [1.29, 1.82) is 0 Å². The van der Waals surface area contributed by atoms with E-state index in [0.717, 1.165) is 38.3 Å². The lowest BCUT2D eigenvalue weighted by Gasteiger charge is -2.59. The Morgan fingerprint density at radius 3 is 2.56 bits per heavy atom. The van der Waals surface area contributed by atoms with Gasteiger partial charge in [0.1, 0.15) is 0 Å². The lowest BCUT2D eigenvalue weighted by molar-refractivity contribution is -0.138. The summed E-state index contributed by atoms with van der Waals surface area (Å²) in [4.78, 5) is 19.9. The molecule has 1 amide bonds. The molecule has 5 fully saturated rings. The van der Waals surface area contributed by atoms with Crippen molar-refractivity contribution in [3.63, 3.8) is 0 Å². The van der Waals surface area contributed by atoms with Gasteiger partial charge in [-0.05, 0) is 69.6 Å². The highest BCUT2D eigenvalue weighted by Gasteiger charge is 2.59. The lowest BCUT2D eigenvalue weighted by atomic mass is 9.49. The van der Waals surface area contributed by atoms with Crippen LogP contribution in [0.15, 0.2) is 0 Å². The van der Waals surface area contributed by atoms with Crippen LogP contribution in [0.1, 0.15) is 57.8 Å². The van der Waals surface area contributed by atoms with Gasteiger partial charge in [-0.15, -0.1) is 5.10 Å². The van der Waals surface area contributed by atoms with Gasteiger partial charge in [-0.1, -0.05) is 15.9 Å².